The highest BCUT2D eigenvalue weighted by Crippen LogP contribution is 2.24. The van der Waals surface area contributed by atoms with Crippen molar-refractivity contribution in [3.05, 3.63) is 47.8 Å². The van der Waals surface area contributed by atoms with Gasteiger partial charge in [0.15, 0.2) is 6.61 Å². The second-order valence-corrected chi connectivity index (χ2v) is 7.60. The van der Waals surface area contributed by atoms with Gasteiger partial charge in [-0.3, -0.25) is 9.48 Å². The van der Waals surface area contributed by atoms with Crippen molar-refractivity contribution in [2.24, 2.45) is 5.10 Å². The smallest absolute Gasteiger partial charge is 0.277 e. The molecule has 1 aromatic heterocycles. The third-order valence-corrected chi connectivity index (χ3v) is 3.99. The largest absolute Gasteiger partial charge is 0.484 e. The van der Waals surface area contributed by atoms with Crippen LogP contribution < -0.4 is 10.2 Å². The van der Waals surface area contributed by atoms with Crippen molar-refractivity contribution < 1.29 is 9.53 Å². The lowest BCUT2D eigenvalue weighted by atomic mass is 9.87. The van der Waals surface area contributed by atoms with Crippen molar-refractivity contribution >= 4 is 11.6 Å². The topological polar surface area (TPSA) is 68.5 Å². The van der Waals surface area contributed by atoms with Crippen LogP contribution in [-0.2, 0) is 10.2 Å². The molecule has 0 bridgehead atoms. The molecule has 26 heavy (non-hydrogen) atoms. The van der Waals surface area contributed by atoms with Crippen LogP contribution in [0.2, 0.25) is 0 Å². The summed E-state index contributed by atoms with van der Waals surface area (Å²) in [6.07, 6.45) is 3.64. The van der Waals surface area contributed by atoms with Crippen molar-refractivity contribution in [1.29, 1.82) is 0 Å². The minimum absolute atomic E-state index is 0.0864. The zero-order valence-corrected chi connectivity index (χ0v) is 16.4. The number of ether oxygens (including phenoxy) is 1. The Morgan fingerprint density at radius 1 is 1.27 bits per heavy atom. The lowest BCUT2D eigenvalue weighted by Crippen LogP contribution is -2.25. The quantitative estimate of drug-likeness (QED) is 0.634. The number of hydrazone groups is 1. The van der Waals surface area contributed by atoms with Crippen LogP contribution in [0.3, 0.4) is 0 Å². The predicted octanol–water partition coefficient (Wildman–Crippen LogP) is 3.68. The number of nitrogens with one attached hydrogen (secondary N) is 1. The molecule has 0 fully saturated rings. The van der Waals surface area contributed by atoms with Gasteiger partial charge in [-0.2, -0.15) is 10.2 Å². The minimum atomic E-state index is -0.305. The van der Waals surface area contributed by atoms with E-state index in [2.05, 4.69) is 50.2 Å². The standard InChI is InChI=1S/C20H28N4O2/c1-14(2)24-12-16(11-21-24)15(3)22-23-19(25)13-26-18-9-7-17(8-10-18)20(4,5)6/h7-12,14H,13H2,1-6H3,(H,23,25)/b22-15+. The number of carbonyl (C=O) groups excluding carboxylic acids is 1. The molecular formula is C20H28N4O2. The first-order valence-electron chi connectivity index (χ1n) is 8.78. The van der Waals surface area contributed by atoms with Crippen molar-refractivity contribution in [3.63, 3.8) is 0 Å². The lowest BCUT2D eigenvalue weighted by molar-refractivity contribution is -0.123. The number of nitrogens with zero attached hydrogens (tertiary/aromatic N) is 3. The molecule has 0 radical (unpaired) electrons. The molecule has 0 aliphatic carbocycles. The van der Waals surface area contributed by atoms with E-state index in [1.165, 1.54) is 5.56 Å². The molecular weight excluding hydrogens is 328 g/mol. The number of aromatic nitrogens is 2. The third-order valence-electron chi connectivity index (χ3n) is 3.99. The molecule has 140 valence electrons. The fourth-order valence-corrected chi connectivity index (χ4v) is 2.25. The molecule has 1 aromatic carbocycles. The van der Waals surface area contributed by atoms with Crippen molar-refractivity contribution in [3.8, 4) is 5.75 Å². The molecule has 0 aliphatic heterocycles. The molecule has 6 nitrogen and oxygen atoms in total. The van der Waals surface area contributed by atoms with E-state index in [0.29, 0.717) is 11.5 Å². The van der Waals surface area contributed by atoms with E-state index in [1.54, 1.807) is 6.20 Å². The summed E-state index contributed by atoms with van der Waals surface area (Å²) < 4.78 is 7.36. The zero-order valence-electron chi connectivity index (χ0n) is 16.4. The SMILES string of the molecule is C/C(=N\NC(=O)COc1ccc(C(C)(C)C)cc1)c1cnn(C(C)C)c1. The fraction of sp³-hybridized carbons (Fsp3) is 0.450. The van der Waals surface area contributed by atoms with Gasteiger partial charge < -0.3 is 4.74 Å². The summed E-state index contributed by atoms with van der Waals surface area (Å²) in [5.74, 6) is 0.354. The summed E-state index contributed by atoms with van der Waals surface area (Å²) in [6, 6.07) is 8.07. The van der Waals surface area contributed by atoms with Gasteiger partial charge >= 0.3 is 0 Å². The van der Waals surface area contributed by atoms with Crippen LogP contribution in [0.15, 0.2) is 41.8 Å². The average molecular weight is 356 g/mol. The Hall–Kier alpha value is -2.63. The molecule has 0 aliphatic rings. The summed E-state index contributed by atoms with van der Waals surface area (Å²) in [6.45, 7) is 12.3. The van der Waals surface area contributed by atoms with Gasteiger partial charge in [-0.1, -0.05) is 32.9 Å². The van der Waals surface area contributed by atoms with Crippen molar-refractivity contribution in [1.82, 2.24) is 15.2 Å². The molecule has 0 atom stereocenters. The van der Waals surface area contributed by atoms with Crippen LogP contribution in [0.1, 0.15) is 58.7 Å². The van der Waals surface area contributed by atoms with E-state index in [4.69, 9.17) is 4.74 Å². The van der Waals surface area contributed by atoms with E-state index in [0.717, 1.165) is 5.56 Å². The third kappa shape index (κ3) is 5.44. The fourth-order valence-electron chi connectivity index (χ4n) is 2.25. The molecule has 1 amide bonds. The van der Waals surface area contributed by atoms with Crippen LogP contribution in [0.25, 0.3) is 0 Å². The summed E-state index contributed by atoms with van der Waals surface area (Å²) in [5.41, 5.74) is 5.39. The number of hydrogen-bond acceptors (Lipinski definition) is 4. The number of carbonyl (C=O) groups is 1. The molecule has 2 aromatic rings. The summed E-state index contributed by atoms with van der Waals surface area (Å²) >= 11 is 0. The van der Waals surface area contributed by atoms with E-state index >= 15 is 0 Å². The molecule has 2 rings (SSSR count). The second kappa shape index (κ2) is 8.17. The van der Waals surface area contributed by atoms with Crippen molar-refractivity contribution in [2.75, 3.05) is 6.61 Å². The molecule has 0 unspecified atom stereocenters. The zero-order chi connectivity index (χ0) is 19.3. The number of hydrogen-bond donors (Lipinski definition) is 1. The first kappa shape index (κ1) is 19.7. The maximum absolute atomic E-state index is 11.9. The van der Waals surface area contributed by atoms with Crippen LogP contribution in [0.5, 0.6) is 5.75 Å². The molecule has 1 heterocycles. The first-order chi connectivity index (χ1) is 12.2. The van der Waals surface area contributed by atoms with E-state index in [-0.39, 0.29) is 24.0 Å². The molecule has 0 spiro atoms. The molecule has 1 N–H and O–H groups in total. The Bertz CT molecular complexity index is 768. The highest BCUT2D eigenvalue weighted by atomic mass is 16.5. The summed E-state index contributed by atoms with van der Waals surface area (Å²) in [7, 11) is 0. The maximum Gasteiger partial charge on any atom is 0.277 e. The van der Waals surface area contributed by atoms with Gasteiger partial charge in [0.05, 0.1) is 11.9 Å². The van der Waals surface area contributed by atoms with E-state index < -0.39 is 0 Å². The molecule has 0 saturated carbocycles. The predicted molar refractivity (Wildman–Crippen MR) is 104 cm³/mol. The van der Waals surface area contributed by atoms with Gasteiger partial charge in [0.1, 0.15) is 5.75 Å². The van der Waals surface area contributed by atoms with Gasteiger partial charge in [0.25, 0.3) is 5.91 Å². The van der Waals surface area contributed by atoms with Gasteiger partial charge in [0.2, 0.25) is 0 Å². The Balaban J connectivity index is 1.86. The van der Waals surface area contributed by atoms with E-state index in [9.17, 15) is 4.79 Å². The molecule has 6 heteroatoms. The number of rotatable bonds is 6. The van der Waals surface area contributed by atoms with Crippen LogP contribution >= 0.6 is 0 Å². The monoisotopic (exact) mass is 356 g/mol. The average Bonchev–Trinajstić information content (AvgIpc) is 3.08. The highest BCUT2D eigenvalue weighted by molar-refractivity contribution is 5.98. The van der Waals surface area contributed by atoms with Crippen LogP contribution in [-0.4, -0.2) is 28.0 Å². The van der Waals surface area contributed by atoms with Gasteiger partial charge in [-0.05, 0) is 43.9 Å². The highest BCUT2D eigenvalue weighted by Gasteiger charge is 2.13. The van der Waals surface area contributed by atoms with Crippen molar-refractivity contribution in [2.45, 2.75) is 53.0 Å². The number of amides is 1. The van der Waals surface area contributed by atoms with Gasteiger partial charge in [-0.25, -0.2) is 5.43 Å². The Kier molecular flexibility index (Phi) is 6.18. The first-order valence-corrected chi connectivity index (χ1v) is 8.78. The second-order valence-electron chi connectivity index (χ2n) is 7.60. The Labute approximate surface area is 155 Å². The normalized spacial score (nSPS) is 12.3. The maximum atomic E-state index is 11.9. The van der Waals surface area contributed by atoms with Gasteiger partial charge in [-0.15, -0.1) is 0 Å². The lowest BCUT2D eigenvalue weighted by Gasteiger charge is -2.19. The number of benzene rings is 1. The summed E-state index contributed by atoms with van der Waals surface area (Å²) in [5, 5.41) is 8.37. The molecule has 0 saturated heterocycles. The van der Waals surface area contributed by atoms with Crippen LogP contribution in [0.4, 0.5) is 0 Å². The minimum Gasteiger partial charge on any atom is -0.484 e. The Morgan fingerprint density at radius 3 is 2.46 bits per heavy atom. The van der Waals surface area contributed by atoms with E-state index in [1.807, 2.05) is 42.1 Å². The Morgan fingerprint density at radius 2 is 1.92 bits per heavy atom. The van der Waals surface area contributed by atoms with Crippen LogP contribution in [0, 0.1) is 0 Å². The van der Waals surface area contributed by atoms with Gasteiger partial charge in [0, 0.05) is 17.8 Å². The summed E-state index contributed by atoms with van der Waals surface area (Å²) in [4.78, 5) is 11.9.